The summed E-state index contributed by atoms with van der Waals surface area (Å²) in [6.45, 7) is 1.86. The minimum absolute atomic E-state index is 0.333. The third-order valence-electron chi connectivity index (χ3n) is 4.37. The maximum atomic E-state index is 12.7. The van der Waals surface area contributed by atoms with Gasteiger partial charge in [0.15, 0.2) is 22.9 Å². The predicted octanol–water partition coefficient (Wildman–Crippen LogP) is 2.42. The fraction of sp³-hybridized carbons (Fsp3) is 0.263. The molecule has 25 heavy (non-hydrogen) atoms. The molecule has 1 heterocycles. The van der Waals surface area contributed by atoms with Gasteiger partial charge in [-0.3, -0.25) is 9.59 Å². The zero-order valence-electron chi connectivity index (χ0n) is 14.3. The second kappa shape index (κ2) is 6.22. The molecule has 1 amide bonds. The second-order valence-corrected chi connectivity index (χ2v) is 6.03. The summed E-state index contributed by atoms with van der Waals surface area (Å²) in [5.74, 6) is -0.0558. The summed E-state index contributed by atoms with van der Waals surface area (Å²) < 4.78 is 10.3. The van der Waals surface area contributed by atoms with Gasteiger partial charge < -0.3 is 19.9 Å². The monoisotopic (exact) mass is 341 g/mol. The van der Waals surface area contributed by atoms with E-state index in [0.717, 1.165) is 5.56 Å². The minimum atomic E-state index is -1.88. The van der Waals surface area contributed by atoms with E-state index in [9.17, 15) is 14.7 Å². The van der Waals surface area contributed by atoms with E-state index in [4.69, 9.17) is 9.47 Å². The number of amides is 1. The van der Waals surface area contributed by atoms with Gasteiger partial charge in [0.25, 0.3) is 5.91 Å². The van der Waals surface area contributed by atoms with Crippen molar-refractivity contribution in [3.8, 4) is 11.5 Å². The average molecular weight is 341 g/mol. The number of anilines is 1. The summed E-state index contributed by atoms with van der Waals surface area (Å²) >= 11 is 0. The lowest BCUT2D eigenvalue weighted by molar-refractivity contribution is -0.133. The number of fused-ring (bicyclic) bond motifs is 1. The molecular formula is C19H19NO5. The van der Waals surface area contributed by atoms with Crippen LogP contribution in [-0.4, -0.2) is 31.0 Å². The number of aliphatic hydroxyl groups is 1. The first kappa shape index (κ1) is 17.0. The van der Waals surface area contributed by atoms with Crippen LogP contribution in [0.25, 0.3) is 0 Å². The number of rotatable bonds is 5. The van der Waals surface area contributed by atoms with Crippen LogP contribution in [0.5, 0.6) is 11.5 Å². The smallest absolute Gasteiger partial charge is 0.261 e. The third kappa shape index (κ3) is 2.85. The lowest BCUT2D eigenvalue weighted by Gasteiger charge is -2.20. The summed E-state index contributed by atoms with van der Waals surface area (Å²) in [6, 6.07) is 10.0. The average Bonchev–Trinajstić information content (AvgIpc) is 2.84. The van der Waals surface area contributed by atoms with Crippen LogP contribution in [0.4, 0.5) is 5.69 Å². The molecule has 0 aliphatic carbocycles. The van der Waals surface area contributed by atoms with Gasteiger partial charge in [-0.25, -0.2) is 0 Å². The third-order valence-corrected chi connectivity index (χ3v) is 4.37. The van der Waals surface area contributed by atoms with Gasteiger partial charge in [-0.15, -0.1) is 0 Å². The Morgan fingerprint density at radius 3 is 2.52 bits per heavy atom. The molecule has 0 saturated heterocycles. The van der Waals surface area contributed by atoms with E-state index in [2.05, 4.69) is 5.32 Å². The predicted molar refractivity (Wildman–Crippen MR) is 92.2 cm³/mol. The van der Waals surface area contributed by atoms with Crippen molar-refractivity contribution in [2.75, 3.05) is 19.5 Å². The van der Waals surface area contributed by atoms with Crippen LogP contribution in [0, 0.1) is 6.92 Å². The van der Waals surface area contributed by atoms with Gasteiger partial charge in [0.05, 0.1) is 20.6 Å². The first-order valence-corrected chi connectivity index (χ1v) is 7.79. The van der Waals surface area contributed by atoms with Crippen LogP contribution in [0.2, 0.25) is 0 Å². The number of Topliss-reactive ketones (excluding diaryl/α,β-unsaturated/α-hetero) is 1. The lowest BCUT2D eigenvalue weighted by atomic mass is 9.87. The van der Waals surface area contributed by atoms with Crippen LogP contribution in [0.3, 0.4) is 0 Å². The highest BCUT2D eigenvalue weighted by molar-refractivity contribution is 6.09. The Hall–Kier alpha value is -2.86. The second-order valence-electron chi connectivity index (χ2n) is 6.03. The van der Waals surface area contributed by atoms with Gasteiger partial charge in [0, 0.05) is 16.8 Å². The number of carbonyl (C=O) groups is 2. The van der Waals surface area contributed by atoms with Crippen molar-refractivity contribution in [2.24, 2.45) is 0 Å². The molecule has 0 saturated carbocycles. The number of carbonyl (C=O) groups excluding carboxylic acids is 2. The molecule has 2 N–H and O–H groups in total. The molecule has 0 unspecified atom stereocenters. The Morgan fingerprint density at radius 2 is 1.84 bits per heavy atom. The zero-order valence-corrected chi connectivity index (χ0v) is 14.3. The van der Waals surface area contributed by atoms with E-state index in [1.54, 1.807) is 24.3 Å². The molecule has 0 bridgehead atoms. The highest BCUT2D eigenvalue weighted by Crippen LogP contribution is 2.40. The van der Waals surface area contributed by atoms with Crippen molar-refractivity contribution in [1.29, 1.82) is 0 Å². The van der Waals surface area contributed by atoms with E-state index in [0.29, 0.717) is 28.3 Å². The van der Waals surface area contributed by atoms with E-state index < -0.39 is 11.5 Å². The molecule has 1 aliphatic heterocycles. The molecule has 6 nitrogen and oxygen atoms in total. The molecule has 130 valence electrons. The van der Waals surface area contributed by atoms with Crippen molar-refractivity contribution < 1.29 is 24.2 Å². The van der Waals surface area contributed by atoms with Crippen LogP contribution in [-0.2, 0) is 10.4 Å². The molecule has 3 rings (SSSR count). The Labute approximate surface area is 145 Å². The van der Waals surface area contributed by atoms with Crippen molar-refractivity contribution >= 4 is 17.4 Å². The van der Waals surface area contributed by atoms with Gasteiger partial charge in [0.2, 0.25) is 0 Å². The number of ether oxygens (including phenoxy) is 2. The van der Waals surface area contributed by atoms with E-state index >= 15 is 0 Å². The Bertz CT molecular complexity index is 861. The van der Waals surface area contributed by atoms with E-state index in [1.807, 2.05) is 13.0 Å². The molecule has 0 radical (unpaired) electrons. The van der Waals surface area contributed by atoms with Crippen molar-refractivity contribution in [3.63, 3.8) is 0 Å². The molecule has 0 fully saturated rings. The number of hydrogen-bond donors (Lipinski definition) is 2. The summed E-state index contributed by atoms with van der Waals surface area (Å²) in [6.07, 6.45) is -0.356. The fourth-order valence-electron chi connectivity index (χ4n) is 2.98. The van der Waals surface area contributed by atoms with Gasteiger partial charge in [0.1, 0.15) is 0 Å². The highest BCUT2D eigenvalue weighted by atomic mass is 16.5. The highest BCUT2D eigenvalue weighted by Gasteiger charge is 2.46. The number of methoxy groups -OCH3 is 2. The fourth-order valence-corrected chi connectivity index (χ4v) is 2.98. The molecule has 2 aromatic carbocycles. The first-order chi connectivity index (χ1) is 11.9. The number of ketones is 1. The van der Waals surface area contributed by atoms with Gasteiger partial charge in [-0.2, -0.15) is 0 Å². The van der Waals surface area contributed by atoms with Gasteiger partial charge in [-0.05, 0) is 31.2 Å². The van der Waals surface area contributed by atoms with Gasteiger partial charge in [-0.1, -0.05) is 17.7 Å². The van der Waals surface area contributed by atoms with Crippen LogP contribution in [0.15, 0.2) is 36.4 Å². The van der Waals surface area contributed by atoms with Crippen LogP contribution >= 0.6 is 0 Å². The summed E-state index contributed by atoms with van der Waals surface area (Å²) in [7, 11) is 2.98. The van der Waals surface area contributed by atoms with Crippen LogP contribution in [0.1, 0.15) is 27.9 Å². The molecule has 1 atom stereocenters. The Balaban J connectivity index is 1.93. The molecule has 0 aromatic heterocycles. The first-order valence-electron chi connectivity index (χ1n) is 7.79. The summed E-state index contributed by atoms with van der Waals surface area (Å²) in [5.41, 5.74) is 0.294. The minimum Gasteiger partial charge on any atom is -0.493 e. The van der Waals surface area contributed by atoms with Crippen molar-refractivity contribution in [1.82, 2.24) is 0 Å². The summed E-state index contributed by atoms with van der Waals surface area (Å²) in [5, 5.41) is 13.5. The SMILES string of the molecule is COc1ccc(C(=O)C[C@@]2(O)C(=O)Nc3ccc(C)cc32)cc1OC. The number of benzene rings is 2. The Morgan fingerprint density at radius 1 is 1.12 bits per heavy atom. The van der Waals surface area contributed by atoms with E-state index in [1.165, 1.54) is 20.3 Å². The number of nitrogens with one attached hydrogen (secondary N) is 1. The van der Waals surface area contributed by atoms with Crippen LogP contribution < -0.4 is 14.8 Å². The van der Waals surface area contributed by atoms with Gasteiger partial charge >= 0.3 is 0 Å². The number of hydrogen-bond acceptors (Lipinski definition) is 5. The normalized spacial score (nSPS) is 18.5. The molecule has 6 heteroatoms. The largest absolute Gasteiger partial charge is 0.493 e. The van der Waals surface area contributed by atoms with E-state index in [-0.39, 0.29) is 12.2 Å². The molecule has 2 aromatic rings. The standard InChI is InChI=1S/C19H19NO5/c1-11-4-6-14-13(8-11)19(23,18(22)20-14)10-15(21)12-5-7-16(24-2)17(9-12)25-3/h4-9,23H,10H2,1-3H3,(H,20,22)/t19-/m0/s1. The zero-order chi connectivity index (χ0) is 18.2. The molecule has 0 spiro atoms. The van der Waals surface area contributed by atoms with Crippen molar-refractivity contribution in [3.05, 3.63) is 53.1 Å². The number of aryl methyl sites for hydroxylation is 1. The topological polar surface area (TPSA) is 84.9 Å². The van der Waals surface area contributed by atoms with Crippen molar-refractivity contribution in [2.45, 2.75) is 18.9 Å². The Kier molecular flexibility index (Phi) is 4.22. The summed E-state index contributed by atoms with van der Waals surface area (Å²) in [4.78, 5) is 25.0. The maximum Gasteiger partial charge on any atom is 0.261 e. The molecule has 1 aliphatic rings. The maximum absolute atomic E-state index is 12.7. The quantitative estimate of drug-likeness (QED) is 0.816. The molecular weight excluding hydrogens is 322 g/mol. The lowest BCUT2D eigenvalue weighted by Crippen LogP contribution is -2.36.